The van der Waals surface area contributed by atoms with Crippen molar-refractivity contribution in [3.05, 3.63) is 78.4 Å². The summed E-state index contributed by atoms with van der Waals surface area (Å²) in [5.41, 5.74) is 11.5. The Bertz CT molecular complexity index is 1360. The van der Waals surface area contributed by atoms with Gasteiger partial charge in [0.15, 0.2) is 5.50 Å². The predicted octanol–water partition coefficient (Wildman–Crippen LogP) is 6.01. The van der Waals surface area contributed by atoms with Crippen LogP contribution in [0, 0.1) is 6.92 Å². The molecular weight excluding hydrogens is 430 g/mol. The van der Waals surface area contributed by atoms with E-state index in [1.807, 2.05) is 24.3 Å². The Morgan fingerprint density at radius 3 is 2.55 bits per heavy atom. The van der Waals surface area contributed by atoms with E-state index in [0.717, 1.165) is 38.4 Å². The number of thioether (sulfide) groups is 1. The SMILES string of the molecule is Cc1ccc(-c2c(N=NC3Sc4ccccc4N3CCC(N)=O)c3ccccc3n2C)cc1. The van der Waals surface area contributed by atoms with E-state index in [9.17, 15) is 4.79 Å². The first-order chi connectivity index (χ1) is 16.0. The quantitative estimate of drug-likeness (QED) is 0.362. The van der Waals surface area contributed by atoms with Gasteiger partial charge in [-0.05, 0) is 25.1 Å². The molecule has 1 atom stereocenters. The molecule has 1 aliphatic rings. The standard InChI is InChI=1S/C26H25N5OS/c1-17-11-13-18(14-12-17)25-24(19-7-3-4-8-20(19)30(25)2)28-29-26-31(16-15-23(27)32)21-9-5-6-10-22(21)33-26/h3-14,26H,15-16H2,1-2H3,(H2,27,32). The molecule has 1 aromatic heterocycles. The number of amides is 1. The van der Waals surface area contributed by atoms with Crippen LogP contribution in [-0.4, -0.2) is 22.5 Å². The fraction of sp³-hybridized carbons (Fsp3) is 0.192. The zero-order chi connectivity index (χ0) is 22.9. The fourth-order valence-corrected chi connectivity index (χ4v) is 5.39. The molecule has 1 amide bonds. The van der Waals surface area contributed by atoms with Crippen LogP contribution in [0.3, 0.4) is 0 Å². The van der Waals surface area contributed by atoms with Gasteiger partial charge >= 0.3 is 0 Å². The molecule has 0 fully saturated rings. The molecule has 1 aliphatic heterocycles. The molecule has 3 aromatic carbocycles. The number of rotatable bonds is 6. The second kappa shape index (κ2) is 8.75. The smallest absolute Gasteiger partial charge is 0.219 e. The van der Waals surface area contributed by atoms with E-state index in [-0.39, 0.29) is 17.8 Å². The summed E-state index contributed by atoms with van der Waals surface area (Å²) in [6.07, 6.45) is 0.268. The largest absolute Gasteiger partial charge is 0.370 e. The Kier molecular flexibility index (Phi) is 5.64. The summed E-state index contributed by atoms with van der Waals surface area (Å²) in [5, 5.41) is 10.7. The van der Waals surface area contributed by atoms with E-state index in [0.29, 0.717) is 6.54 Å². The van der Waals surface area contributed by atoms with Crippen molar-refractivity contribution < 1.29 is 4.79 Å². The van der Waals surface area contributed by atoms with Gasteiger partial charge in [-0.1, -0.05) is 71.9 Å². The Morgan fingerprint density at radius 2 is 1.76 bits per heavy atom. The van der Waals surface area contributed by atoms with Crippen LogP contribution in [0.25, 0.3) is 22.2 Å². The molecule has 2 heterocycles. The van der Waals surface area contributed by atoms with Crippen molar-refractivity contribution in [3.63, 3.8) is 0 Å². The van der Waals surface area contributed by atoms with Crippen molar-refractivity contribution >= 4 is 39.9 Å². The number of primary amides is 1. The number of azo groups is 1. The van der Waals surface area contributed by atoms with E-state index >= 15 is 0 Å². The lowest BCUT2D eigenvalue weighted by molar-refractivity contribution is -0.117. The predicted molar refractivity (Wildman–Crippen MR) is 135 cm³/mol. The number of aromatic nitrogens is 1. The van der Waals surface area contributed by atoms with Gasteiger partial charge in [0.2, 0.25) is 5.91 Å². The summed E-state index contributed by atoms with van der Waals surface area (Å²) in [7, 11) is 2.07. The number of carbonyl (C=O) groups excluding carboxylic acids is 1. The molecule has 0 aliphatic carbocycles. The van der Waals surface area contributed by atoms with Gasteiger partial charge in [0.25, 0.3) is 0 Å². The van der Waals surface area contributed by atoms with E-state index < -0.39 is 0 Å². The summed E-state index contributed by atoms with van der Waals surface area (Å²) in [4.78, 5) is 14.7. The number of aryl methyl sites for hydroxylation is 2. The van der Waals surface area contributed by atoms with Crippen LogP contribution >= 0.6 is 11.8 Å². The minimum absolute atomic E-state index is 0.258. The highest BCUT2D eigenvalue weighted by Crippen LogP contribution is 2.45. The van der Waals surface area contributed by atoms with Crippen LogP contribution in [-0.2, 0) is 11.8 Å². The van der Waals surface area contributed by atoms with Crippen LogP contribution in [0.5, 0.6) is 0 Å². The molecule has 7 heteroatoms. The molecule has 166 valence electrons. The second-order valence-corrected chi connectivity index (χ2v) is 9.27. The molecule has 1 unspecified atom stereocenters. The normalized spacial score (nSPS) is 15.5. The summed E-state index contributed by atoms with van der Waals surface area (Å²) >= 11 is 1.64. The first kappa shape index (κ1) is 21.3. The summed E-state index contributed by atoms with van der Waals surface area (Å²) in [5.74, 6) is -0.323. The van der Waals surface area contributed by atoms with Gasteiger partial charge in [-0.3, -0.25) is 4.79 Å². The molecule has 0 spiro atoms. The molecule has 0 saturated carbocycles. The van der Waals surface area contributed by atoms with Crippen molar-refractivity contribution in [2.24, 2.45) is 23.0 Å². The summed E-state index contributed by atoms with van der Waals surface area (Å²) in [6, 6.07) is 24.9. The number of anilines is 1. The van der Waals surface area contributed by atoms with Crippen LogP contribution < -0.4 is 10.6 Å². The molecule has 0 bridgehead atoms. The van der Waals surface area contributed by atoms with Crippen molar-refractivity contribution in [1.29, 1.82) is 0 Å². The lowest BCUT2D eigenvalue weighted by Gasteiger charge is -2.22. The van der Waals surface area contributed by atoms with E-state index in [2.05, 4.69) is 72.0 Å². The van der Waals surface area contributed by atoms with Crippen LogP contribution in [0.2, 0.25) is 0 Å². The van der Waals surface area contributed by atoms with Gasteiger partial charge < -0.3 is 15.2 Å². The van der Waals surface area contributed by atoms with Gasteiger partial charge in [-0.25, -0.2) is 0 Å². The van der Waals surface area contributed by atoms with Crippen LogP contribution in [0.1, 0.15) is 12.0 Å². The maximum atomic E-state index is 11.5. The van der Waals surface area contributed by atoms with Crippen LogP contribution in [0.15, 0.2) is 87.9 Å². The zero-order valence-electron chi connectivity index (χ0n) is 18.6. The average Bonchev–Trinajstić information content (AvgIpc) is 3.31. The van der Waals surface area contributed by atoms with E-state index in [1.165, 1.54) is 5.56 Å². The van der Waals surface area contributed by atoms with Gasteiger partial charge in [-0.15, -0.1) is 0 Å². The second-order valence-electron chi connectivity index (χ2n) is 8.18. The number of fused-ring (bicyclic) bond motifs is 2. The number of hydrogen-bond acceptors (Lipinski definition) is 5. The third-order valence-electron chi connectivity index (χ3n) is 5.93. The molecule has 6 nitrogen and oxygen atoms in total. The zero-order valence-corrected chi connectivity index (χ0v) is 19.4. The Morgan fingerprint density at radius 1 is 1.03 bits per heavy atom. The monoisotopic (exact) mass is 455 g/mol. The van der Waals surface area contributed by atoms with Gasteiger partial charge in [0.05, 0.1) is 16.9 Å². The number of nitrogens with zero attached hydrogens (tertiary/aromatic N) is 4. The fourth-order valence-electron chi connectivity index (χ4n) is 4.26. The van der Waals surface area contributed by atoms with E-state index in [4.69, 9.17) is 16.0 Å². The topological polar surface area (TPSA) is 76.0 Å². The molecule has 2 N–H and O–H groups in total. The first-order valence-corrected chi connectivity index (χ1v) is 11.8. The highest BCUT2D eigenvalue weighted by molar-refractivity contribution is 8.00. The van der Waals surface area contributed by atoms with Crippen LogP contribution in [0.4, 0.5) is 11.4 Å². The highest BCUT2D eigenvalue weighted by Gasteiger charge is 2.30. The molecule has 0 radical (unpaired) electrons. The van der Waals surface area contributed by atoms with Gasteiger partial charge in [0.1, 0.15) is 5.69 Å². The summed E-state index contributed by atoms with van der Waals surface area (Å²) in [6.45, 7) is 2.59. The number of carbonyl (C=O) groups is 1. The maximum absolute atomic E-state index is 11.5. The number of nitrogens with two attached hydrogens (primary N) is 1. The van der Waals surface area contributed by atoms with E-state index in [1.54, 1.807) is 11.8 Å². The molecular formula is C26H25N5OS. The average molecular weight is 456 g/mol. The Labute approximate surface area is 197 Å². The van der Waals surface area contributed by atoms with Crippen molar-refractivity contribution in [2.75, 3.05) is 11.4 Å². The molecule has 0 saturated heterocycles. The Hall–Kier alpha value is -3.58. The lowest BCUT2D eigenvalue weighted by Crippen LogP contribution is -2.31. The number of benzene rings is 3. The molecule has 4 aromatic rings. The van der Waals surface area contributed by atoms with Gasteiger partial charge in [-0.2, -0.15) is 10.2 Å². The number of para-hydroxylation sites is 2. The highest BCUT2D eigenvalue weighted by atomic mass is 32.2. The van der Waals surface area contributed by atoms with Gasteiger partial charge in [0, 0.05) is 35.9 Å². The third kappa shape index (κ3) is 4.00. The maximum Gasteiger partial charge on any atom is 0.219 e. The lowest BCUT2D eigenvalue weighted by atomic mass is 10.1. The Balaban J connectivity index is 1.57. The summed E-state index contributed by atoms with van der Waals surface area (Å²) < 4.78 is 2.18. The van der Waals surface area contributed by atoms with Crippen molar-refractivity contribution in [2.45, 2.75) is 23.7 Å². The van der Waals surface area contributed by atoms with Crippen molar-refractivity contribution in [3.8, 4) is 11.3 Å². The van der Waals surface area contributed by atoms with Crippen molar-refractivity contribution in [1.82, 2.24) is 4.57 Å². The molecule has 33 heavy (non-hydrogen) atoms. The minimum atomic E-state index is -0.323. The third-order valence-corrected chi connectivity index (χ3v) is 7.09. The molecule has 5 rings (SSSR count). The first-order valence-electron chi connectivity index (χ1n) is 10.9. The number of hydrogen-bond donors (Lipinski definition) is 1. The minimum Gasteiger partial charge on any atom is -0.370 e.